The summed E-state index contributed by atoms with van der Waals surface area (Å²) in [5, 5.41) is 17.8. The van der Waals surface area contributed by atoms with E-state index in [1.165, 1.54) is 25.7 Å². The molecule has 0 bridgehead atoms. The molecule has 0 aromatic rings. The molecule has 0 aromatic heterocycles. The number of aliphatic hydroxyl groups is 1. The van der Waals surface area contributed by atoms with Gasteiger partial charge in [0.1, 0.15) is 5.78 Å². The lowest BCUT2D eigenvalue weighted by Gasteiger charge is -2.60. The van der Waals surface area contributed by atoms with Gasteiger partial charge in [-0.25, -0.2) is 0 Å². The smallest absolute Gasteiger partial charge is 0.303 e. The first-order valence-corrected chi connectivity index (χ1v) is 10.7. The van der Waals surface area contributed by atoms with Crippen LogP contribution in [0, 0.1) is 34.5 Å². The van der Waals surface area contributed by atoms with Crippen LogP contribution in [0.4, 0.5) is 0 Å². The van der Waals surface area contributed by atoms with E-state index in [0.717, 1.165) is 49.9 Å². The summed E-state index contributed by atoms with van der Waals surface area (Å²) in [5.41, 5.74) is 0.452. The predicted molar refractivity (Wildman–Crippen MR) is 101 cm³/mol. The molecule has 4 rings (SSSR count). The number of carboxylic acid groups (broad SMARTS) is 1. The SMILES string of the molecule is CCC(=O)O.C[C@]12CC[C@@H](O)C[C@@H]1CC[C@@H]1[C@@H]2CC[C@]2(C)C(=O)CC[C@@H]12. The van der Waals surface area contributed by atoms with E-state index >= 15 is 0 Å². The molecule has 7 atom stereocenters. The second-order valence-electron chi connectivity index (χ2n) is 9.75. The summed E-state index contributed by atoms with van der Waals surface area (Å²) in [5.74, 6) is 2.79. The number of ketones is 1. The summed E-state index contributed by atoms with van der Waals surface area (Å²) in [6.45, 7) is 6.38. The Labute approximate surface area is 157 Å². The van der Waals surface area contributed by atoms with E-state index in [4.69, 9.17) is 5.11 Å². The van der Waals surface area contributed by atoms with Crippen LogP contribution in [-0.4, -0.2) is 28.1 Å². The number of fused-ring (bicyclic) bond motifs is 5. The zero-order chi connectivity index (χ0) is 19.1. The number of aliphatic carboxylic acids is 1. The Kier molecular flexibility index (Phi) is 5.54. The number of hydrogen-bond acceptors (Lipinski definition) is 3. The van der Waals surface area contributed by atoms with Crippen LogP contribution in [0.2, 0.25) is 0 Å². The number of hydrogen-bond donors (Lipinski definition) is 2. The molecule has 0 unspecified atom stereocenters. The molecule has 0 amide bonds. The Balaban J connectivity index is 0.000000349. The number of Topliss-reactive ketones (excluding diaryl/α,β-unsaturated/α-hetero) is 1. The molecule has 4 fully saturated rings. The van der Waals surface area contributed by atoms with Gasteiger partial charge < -0.3 is 10.2 Å². The van der Waals surface area contributed by atoms with Crippen LogP contribution in [0.15, 0.2) is 0 Å². The van der Waals surface area contributed by atoms with E-state index < -0.39 is 5.97 Å². The van der Waals surface area contributed by atoms with Crippen LogP contribution in [0.3, 0.4) is 0 Å². The van der Waals surface area contributed by atoms with E-state index in [2.05, 4.69) is 13.8 Å². The van der Waals surface area contributed by atoms with Crippen molar-refractivity contribution in [2.24, 2.45) is 34.5 Å². The Morgan fingerprint density at radius 1 is 1.08 bits per heavy atom. The molecule has 26 heavy (non-hydrogen) atoms. The van der Waals surface area contributed by atoms with Crippen molar-refractivity contribution in [3.05, 3.63) is 0 Å². The molecule has 0 heterocycles. The molecule has 148 valence electrons. The van der Waals surface area contributed by atoms with Crippen LogP contribution in [0.5, 0.6) is 0 Å². The van der Waals surface area contributed by atoms with Crippen LogP contribution in [0.1, 0.15) is 85.0 Å². The van der Waals surface area contributed by atoms with Gasteiger partial charge in [0.05, 0.1) is 6.10 Å². The number of aliphatic hydroxyl groups excluding tert-OH is 1. The molecule has 2 N–H and O–H groups in total. The second-order valence-corrected chi connectivity index (χ2v) is 9.75. The largest absolute Gasteiger partial charge is 0.481 e. The van der Waals surface area contributed by atoms with Crippen LogP contribution in [0.25, 0.3) is 0 Å². The highest BCUT2D eigenvalue weighted by Crippen LogP contribution is 2.65. The molecule has 4 aliphatic carbocycles. The number of rotatable bonds is 1. The van der Waals surface area contributed by atoms with Crippen molar-refractivity contribution in [1.82, 2.24) is 0 Å². The van der Waals surface area contributed by atoms with Gasteiger partial charge in [-0.1, -0.05) is 20.8 Å². The van der Waals surface area contributed by atoms with Gasteiger partial charge in [0, 0.05) is 18.3 Å². The van der Waals surface area contributed by atoms with E-state index in [-0.39, 0.29) is 17.9 Å². The number of carboxylic acids is 1. The zero-order valence-corrected chi connectivity index (χ0v) is 16.7. The fourth-order valence-electron chi connectivity index (χ4n) is 7.01. The molecule has 4 aliphatic rings. The summed E-state index contributed by atoms with van der Waals surface area (Å²) in [6.07, 6.45) is 10.4. The fourth-order valence-corrected chi connectivity index (χ4v) is 7.01. The van der Waals surface area contributed by atoms with Crippen molar-refractivity contribution >= 4 is 11.8 Å². The van der Waals surface area contributed by atoms with E-state index in [1.54, 1.807) is 6.92 Å². The van der Waals surface area contributed by atoms with E-state index in [1.807, 2.05) is 0 Å². The Morgan fingerprint density at radius 2 is 1.77 bits per heavy atom. The van der Waals surface area contributed by atoms with Crippen molar-refractivity contribution in [2.45, 2.75) is 91.1 Å². The molecule has 4 saturated carbocycles. The molecule has 0 aromatic carbocycles. The van der Waals surface area contributed by atoms with E-state index in [0.29, 0.717) is 17.1 Å². The molecular weight excluding hydrogens is 328 g/mol. The first-order valence-electron chi connectivity index (χ1n) is 10.7. The number of carbonyl (C=O) groups is 2. The highest BCUT2D eigenvalue weighted by molar-refractivity contribution is 5.87. The zero-order valence-electron chi connectivity index (χ0n) is 16.7. The number of carbonyl (C=O) groups excluding carboxylic acids is 1. The third-order valence-corrected chi connectivity index (χ3v) is 8.65. The summed E-state index contributed by atoms with van der Waals surface area (Å²) in [4.78, 5) is 21.7. The molecule has 0 saturated heterocycles. The molecule has 4 nitrogen and oxygen atoms in total. The first kappa shape index (κ1) is 19.9. The van der Waals surface area contributed by atoms with Crippen molar-refractivity contribution in [3.63, 3.8) is 0 Å². The van der Waals surface area contributed by atoms with Crippen molar-refractivity contribution < 1.29 is 19.8 Å². The molecule has 0 radical (unpaired) electrons. The Hall–Kier alpha value is -0.900. The third-order valence-electron chi connectivity index (χ3n) is 8.65. The molecular formula is C22H36O4. The van der Waals surface area contributed by atoms with Crippen LogP contribution in [-0.2, 0) is 9.59 Å². The third kappa shape index (κ3) is 3.23. The van der Waals surface area contributed by atoms with Gasteiger partial charge in [-0.2, -0.15) is 0 Å². The lowest BCUT2D eigenvalue weighted by molar-refractivity contribution is -0.142. The van der Waals surface area contributed by atoms with Crippen molar-refractivity contribution in [1.29, 1.82) is 0 Å². The van der Waals surface area contributed by atoms with Crippen molar-refractivity contribution in [3.8, 4) is 0 Å². The minimum absolute atomic E-state index is 0.0124. The minimum Gasteiger partial charge on any atom is -0.481 e. The summed E-state index contributed by atoms with van der Waals surface area (Å²) in [7, 11) is 0. The fraction of sp³-hybridized carbons (Fsp3) is 0.909. The normalized spacial score (nSPS) is 47.1. The maximum absolute atomic E-state index is 12.4. The van der Waals surface area contributed by atoms with Gasteiger partial charge in [0.25, 0.3) is 0 Å². The second kappa shape index (κ2) is 7.26. The molecule has 0 aliphatic heterocycles. The van der Waals surface area contributed by atoms with Crippen LogP contribution < -0.4 is 0 Å². The highest BCUT2D eigenvalue weighted by Gasteiger charge is 2.60. The lowest BCUT2D eigenvalue weighted by atomic mass is 9.45. The monoisotopic (exact) mass is 364 g/mol. The Bertz CT molecular complexity index is 558. The van der Waals surface area contributed by atoms with Gasteiger partial charge in [-0.05, 0) is 80.5 Å². The Morgan fingerprint density at radius 3 is 2.42 bits per heavy atom. The van der Waals surface area contributed by atoms with Crippen molar-refractivity contribution in [2.75, 3.05) is 0 Å². The van der Waals surface area contributed by atoms with Crippen LogP contribution >= 0.6 is 0 Å². The predicted octanol–water partition coefficient (Wildman–Crippen LogP) is 4.44. The summed E-state index contributed by atoms with van der Waals surface area (Å²) < 4.78 is 0. The van der Waals surface area contributed by atoms with Gasteiger partial charge in [-0.15, -0.1) is 0 Å². The average Bonchev–Trinajstić information content (AvgIpc) is 2.91. The molecule has 4 heteroatoms. The van der Waals surface area contributed by atoms with Gasteiger partial charge in [-0.3, -0.25) is 9.59 Å². The minimum atomic E-state index is -0.745. The average molecular weight is 365 g/mol. The quantitative estimate of drug-likeness (QED) is 0.721. The van der Waals surface area contributed by atoms with E-state index in [9.17, 15) is 14.7 Å². The van der Waals surface area contributed by atoms with Gasteiger partial charge >= 0.3 is 5.97 Å². The maximum atomic E-state index is 12.4. The topological polar surface area (TPSA) is 74.6 Å². The maximum Gasteiger partial charge on any atom is 0.303 e. The standard InChI is InChI=1S/C19H30O2.C3H6O2/c1-18-9-7-13(20)11-12(18)3-4-14-15-5-6-17(21)19(15,2)10-8-16(14)18;1-2-3(4)5/h12-16,20H,3-11H2,1-2H3;2H2,1H3,(H,4,5)/t12-,13+,14-,15-,16-,18-,19-;/m0./s1. The highest BCUT2D eigenvalue weighted by atomic mass is 16.4. The summed E-state index contributed by atoms with van der Waals surface area (Å²) in [6, 6.07) is 0. The lowest BCUT2D eigenvalue weighted by Crippen LogP contribution is -2.54. The first-order chi connectivity index (χ1) is 12.2. The van der Waals surface area contributed by atoms with Gasteiger partial charge in [0.15, 0.2) is 0 Å². The van der Waals surface area contributed by atoms with Gasteiger partial charge in [0.2, 0.25) is 0 Å². The summed E-state index contributed by atoms with van der Waals surface area (Å²) >= 11 is 0. The molecule has 0 spiro atoms.